The molecule has 0 aromatic carbocycles. The Morgan fingerprint density at radius 1 is 1.47 bits per heavy atom. The molecule has 0 amide bonds. The van der Waals surface area contributed by atoms with Crippen LogP contribution in [0.1, 0.15) is 31.4 Å². The van der Waals surface area contributed by atoms with E-state index >= 15 is 0 Å². The number of rotatable bonds is 3. The number of hydrogen-bond donors (Lipinski definition) is 1. The Morgan fingerprint density at radius 2 is 2.21 bits per heavy atom. The molecule has 1 saturated carbocycles. The van der Waals surface area contributed by atoms with Gasteiger partial charge in [-0.05, 0) is 18.8 Å². The number of alkyl halides is 2. The molecule has 0 bridgehead atoms. The SMILES string of the molecule is OC(Cc1cn2ccsc2n1)C1CCC(F)(F)CC1. The fourth-order valence-electron chi connectivity index (χ4n) is 2.70. The van der Waals surface area contributed by atoms with Crippen molar-refractivity contribution in [2.45, 2.75) is 44.1 Å². The second-order valence-electron chi connectivity index (χ2n) is 5.29. The fraction of sp³-hybridized carbons (Fsp3) is 0.615. The molecule has 1 aliphatic carbocycles. The van der Waals surface area contributed by atoms with Gasteiger partial charge < -0.3 is 5.11 Å². The highest BCUT2D eigenvalue weighted by Gasteiger charge is 2.37. The van der Waals surface area contributed by atoms with Gasteiger partial charge in [-0.1, -0.05) is 0 Å². The van der Waals surface area contributed by atoms with Crippen LogP contribution in [0.15, 0.2) is 17.8 Å². The summed E-state index contributed by atoms with van der Waals surface area (Å²) in [7, 11) is 0. The molecule has 0 spiro atoms. The molecule has 1 fully saturated rings. The topological polar surface area (TPSA) is 37.5 Å². The summed E-state index contributed by atoms with van der Waals surface area (Å²) < 4.78 is 28.1. The van der Waals surface area contributed by atoms with Crippen LogP contribution in [0.2, 0.25) is 0 Å². The number of hydrogen-bond acceptors (Lipinski definition) is 3. The smallest absolute Gasteiger partial charge is 0.248 e. The molecule has 0 aliphatic heterocycles. The molecular weight excluding hydrogens is 270 g/mol. The highest BCUT2D eigenvalue weighted by molar-refractivity contribution is 7.15. The van der Waals surface area contributed by atoms with E-state index in [0.717, 1.165) is 10.7 Å². The average Bonchev–Trinajstić information content (AvgIpc) is 2.89. The van der Waals surface area contributed by atoms with Crippen molar-refractivity contribution in [2.24, 2.45) is 5.92 Å². The number of aliphatic hydroxyl groups excluding tert-OH is 1. The lowest BCUT2D eigenvalue weighted by atomic mass is 9.82. The minimum absolute atomic E-state index is 0.0284. The fourth-order valence-corrected chi connectivity index (χ4v) is 3.42. The summed E-state index contributed by atoms with van der Waals surface area (Å²) in [6.45, 7) is 0. The van der Waals surface area contributed by atoms with Gasteiger partial charge in [-0.15, -0.1) is 11.3 Å². The zero-order chi connectivity index (χ0) is 13.5. The first-order chi connectivity index (χ1) is 9.03. The first-order valence-electron chi connectivity index (χ1n) is 6.50. The standard InChI is InChI=1S/C13H16F2N2OS/c14-13(15)3-1-9(2-4-13)11(18)7-10-8-17-5-6-19-12(17)16-10/h5-6,8-9,11,18H,1-4,7H2. The van der Waals surface area contributed by atoms with Gasteiger partial charge in [0.15, 0.2) is 4.96 Å². The summed E-state index contributed by atoms with van der Waals surface area (Å²) in [4.78, 5) is 5.31. The zero-order valence-corrected chi connectivity index (χ0v) is 11.2. The third-order valence-electron chi connectivity index (χ3n) is 3.87. The summed E-state index contributed by atoms with van der Waals surface area (Å²) in [6.07, 6.45) is 4.29. The number of halogens is 2. The molecule has 0 radical (unpaired) electrons. The quantitative estimate of drug-likeness (QED) is 0.941. The summed E-state index contributed by atoms with van der Waals surface area (Å²) in [5, 5.41) is 12.1. The molecule has 104 valence electrons. The third-order valence-corrected chi connectivity index (χ3v) is 4.64. The predicted octanol–water partition coefficient (Wildman–Crippen LogP) is 3.12. The summed E-state index contributed by atoms with van der Waals surface area (Å²) in [5.41, 5.74) is 0.830. The first kappa shape index (κ1) is 13.0. The summed E-state index contributed by atoms with van der Waals surface area (Å²) >= 11 is 1.54. The minimum atomic E-state index is -2.53. The van der Waals surface area contributed by atoms with E-state index in [2.05, 4.69) is 4.98 Å². The predicted molar refractivity (Wildman–Crippen MR) is 69.7 cm³/mol. The molecule has 2 aromatic heterocycles. The summed E-state index contributed by atoms with van der Waals surface area (Å²) in [6, 6.07) is 0. The van der Waals surface area contributed by atoms with Crippen molar-refractivity contribution < 1.29 is 13.9 Å². The monoisotopic (exact) mass is 286 g/mol. The molecule has 3 nitrogen and oxygen atoms in total. The number of aromatic nitrogens is 2. The maximum Gasteiger partial charge on any atom is 0.248 e. The van der Waals surface area contributed by atoms with E-state index in [1.54, 1.807) is 11.3 Å². The Balaban J connectivity index is 1.62. The van der Waals surface area contributed by atoms with Crippen molar-refractivity contribution in [1.29, 1.82) is 0 Å². The van der Waals surface area contributed by atoms with E-state index in [1.165, 1.54) is 0 Å². The van der Waals surface area contributed by atoms with Crippen LogP contribution in [-0.4, -0.2) is 26.5 Å². The number of imidazole rings is 1. The highest BCUT2D eigenvalue weighted by atomic mass is 32.1. The van der Waals surface area contributed by atoms with Crippen molar-refractivity contribution in [1.82, 2.24) is 9.38 Å². The van der Waals surface area contributed by atoms with Crippen LogP contribution in [0.4, 0.5) is 8.78 Å². The van der Waals surface area contributed by atoms with Gasteiger partial charge in [0, 0.05) is 37.0 Å². The average molecular weight is 286 g/mol. The van der Waals surface area contributed by atoms with Gasteiger partial charge >= 0.3 is 0 Å². The molecule has 0 saturated heterocycles. The van der Waals surface area contributed by atoms with Gasteiger partial charge in [-0.2, -0.15) is 0 Å². The van der Waals surface area contributed by atoms with E-state index in [1.807, 2.05) is 22.2 Å². The minimum Gasteiger partial charge on any atom is -0.392 e. The van der Waals surface area contributed by atoms with Crippen molar-refractivity contribution in [2.75, 3.05) is 0 Å². The number of fused-ring (bicyclic) bond motifs is 1. The van der Waals surface area contributed by atoms with E-state index in [0.29, 0.717) is 19.3 Å². The molecule has 6 heteroatoms. The van der Waals surface area contributed by atoms with Crippen LogP contribution >= 0.6 is 11.3 Å². The largest absolute Gasteiger partial charge is 0.392 e. The van der Waals surface area contributed by atoms with E-state index in [9.17, 15) is 13.9 Å². The maximum absolute atomic E-state index is 13.1. The van der Waals surface area contributed by atoms with Gasteiger partial charge in [-0.25, -0.2) is 13.8 Å². The molecule has 19 heavy (non-hydrogen) atoms. The van der Waals surface area contributed by atoms with Crippen molar-refractivity contribution >= 4 is 16.3 Å². The van der Waals surface area contributed by atoms with Crippen molar-refractivity contribution in [3.05, 3.63) is 23.5 Å². The lowest BCUT2D eigenvalue weighted by molar-refractivity contribution is -0.0620. The van der Waals surface area contributed by atoms with Crippen LogP contribution in [0.3, 0.4) is 0 Å². The van der Waals surface area contributed by atoms with Crippen LogP contribution < -0.4 is 0 Å². The molecule has 2 heterocycles. The molecular formula is C13H16F2N2OS. The maximum atomic E-state index is 13.1. The Labute approximate surface area is 113 Å². The lowest BCUT2D eigenvalue weighted by Crippen LogP contribution is -2.32. The van der Waals surface area contributed by atoms with Crippen LogP contribution in [0, 0.1) is 5.92 Å². The molecule has 1 atom stereocenters. The van der Waals surface area contributed by atoms with E-state index < -0.39 is 12.0 Å². The van der Waals surface area contributed by atoms with Crippen molar-refractivity contribution in [3.63, 3.8) is 0 Å². The Bertz CT molecular complexity index is 527. The van der Waals surface area contributed by atoms with Crippen molar-refractivity contribution in [3.8, 4) is 0 Å². The second kappa shape index (κ2) is 4.83. The van der Waals surface area contributed by atoms with Gasteiger partial charge in [0.25, 0.3) is 0 Å². The first-order valence-corrected chi connectivity index (χ1v) is 7.38. The molecule has 1 aliphatic rings. The normalized spacial score (nSPS) is 21.8. The molecule has 1 N–H and O–H groups in total. The Kier molecular flexibility index (Phi) is 3.30. The van der Waals surface area contributed by atoms with E-state index in [-0.39, 0.29) is 18.8 Å². The number of nitrogens with zero attached hydrogens (tertiary/aromatic N) is 2. The number of thiazole rings is 1. The van der Waals surface area contributed by atoms with E-state index in [4.69, 9.17) is 0 Å². The highest BCUT2D eigenvalue weighted by Crippen LogP contribution is 2.37. The van der Waals surface area contributed by atoms with Gasteiger partial charge in [-0.3, -0.25) is 4.40 Å². The van der Waals surface area contributed by atoms with Gasteiger partial charge in [0.2, 0.25) is 5.92 Å². The Morgan fingerprint density at radius 3 is 2.89 bits per heavy atom. The lowest BCUT2D eigenvalue weighted by Gasteiger charge is -2.31. The number of aliphatic hydroxyl groups is 1. The molecule has 2 aromatic rings. The van der Waals surface area contributed by atoms with Gasteiger partial charge in [0.1, 0.15) is 0 Å². The Hall–Kier alpha value is -1.01. The second-order valence-corrected chi connectivity index (χ2v) is 6.16. The van der Waals surface area contributed by atoms with Crippen LogP contribution in [0.25, 0.3) is 4.96 Å². The van der Waals surface area contributed by atoms with Crippen LogP contribution in [0.5, 0.6) is 0 Å². The molecule has 3 rings (SSSR count). The third kappa shape index (κ3) is 2.79. The molecule has 1 unspecified atom stereocenters. The van der Waals surface area contributed by atoms with Gasteiger partial charge in [0.05, 0.1) is 11.8 Å². The summed E-state index contributed by atoms with van der Waals surface area (Å²) in [5.74, 6) is -2.56. The van der Waals surface area contributed by atoms with Crippen LogP contribution in [-0.2, 0) is 6.42 Å². The zero-order valence-electron chi connectivity index (χ0n) is 10.4.